The number of hydrogen-bond donors (Lipinski definition) is 2. The van der Waals surface area contributed by atoms with Crippen LogP contribution < -0.4 is 10.5 Å². The second-order valence-corrected chi connectivity index (χ2v) is 6.83. The largest absolute Gasteiger partial charge is 0.398 e. The number of rotatable bonds is 4. The summed E-state index contributed by atoms with van der Waals surface area (Å²) in [5.41, 5.74) is 6.76. The molecule has 2 rings (SSSR count). The first-order chi connectivity index (χ1) is 8.92. The summed E-state index contributed by atoms with van der Waals surface area (Å²) in [4.78, 5) is 2.39. The number of nitrogens with zero attached hydrogens (tertiary/aromatic N) is 1. The summed E-state index contributed by atoms with van der Waals surface area (Å²) in [6.45, 7) is 3.22. The lowest BCUT2D eigenvalue weighted by Crippen LogP contribution is -2.38. The lowest BCUT2D eigenvalue weighted by atomic mass is 10.2. The van der Waals surface area contributed by atoms with Crippen LogP contribution in [-0.4, -0.2) is 39.5 Å². The SMILES string of the molecule is Cc1cccc(N)c1S(=O)(=O)NCC1CCCN1C. The predicted molar refractivity (Wildman–Crippen MR) is 76.4 cm³/mol. The van der Waals surface area contributed by atoms with Gasteiger partial charge in [-0.1, -0.05) is 12.1 Å². The minimum Gasteiger partial charge on any atom is -0.398 e. The van der Waals surface area contributed by atoms with E-state index in [4.69, 9.17) is 5.73 Å². The van der Waals surface area contributed by atoms with Crippen LogP contribution in [-0.2, 0) is 10.0 Å². The molecule has 0 amide bonds. The third kappa shape index (κ3) is 3.08. The van der Waals surface area contributed by atoms with E-state index < -0.39 is 10.0 Å². The Balaban J connectivity index is 2.14. The normalized spacial score (nSPS) is 20.8. The van der Waals surface area contributed by atoms with Gasteiger partial charge in [-0.05, 0) is 45.0 Å². The van der Waals surface area contributed by atoms with Gasteiger partial charge in [-0.2, -0.15) is 0 Å². The first kappa shape index (κ1) is 14.3. The number of nitrogen functional groups attached to an aromatic ring is 1. The third-order valence-corrected chi connectivity index (χ3v) is 5.33. The van der Waals surface area contributed by atoms with Gasteiger partial charge in [-0.15, -0.1) is 0 Å². The second kappa shape index (κ2) is 5.48. The van der Waals surface area contributed by atoms with Gasteiger partial charge in [0.05, 0.1) is 5.69 Å². The molecule has 1 atom stereocenters. The van der Waals surface area contributed by atoms with Crippen LogP contribution in [0, 0.1) is 6.92 Å². The van der Waals surface area contributed by atoms with E-state index >= 15 is 0 Å². The molecule has 1 aliphatic rings. The first-order valence-corrected chi connectivity index (χ1v) is 7.95. The molecule has 6 heteroatoms. The van der Waals surface area contributed by atoms with Crippen molar-refractivity contribution in [2.75, 3.05) is 25.9 Å². The van der Waals surface area contributed by atoms with Crippen molar-refractivity contribution < 1.29 is 8.42 Å². The average Bonchev–Trinajstić information content (AvgIpc) is 2.72. The number of nitrogens with two attached hydrogens (primary N) is 1. The summed E-state index contributed by atoms with van der Waals surface area (Å²) in [6.07, 6.45) is 2.15. The maximum absolute atomic E-state index is 12.3. The van der Waals surface area contributed by atoms with Crippen molar-refractivity contribution in [3.05, 3.63) is 23.8 Å². The maximum Gasteiger partial charge on any atom is 0.242 e. The van der Waals surface area contributed by atoms with Crippen LogP contribution in [0.1, 0.15) is 18.4 Å². The van der Waals surface area contributed by atoms with Gasteiger partial charge in [-0.3, -0.25) is 0 Å². The molecule has 1 aromatic carbocycles. The monoisotopic (exact) mass is 283 g/mol. The minimum atomic E-state index is -3.53. The van der Waals surface area contributed by atoms with E-state index in [-0.39, 0.29) is 10.9 Å². The molecule has 0 aliphatic carbocycles. The predicted octanol–water partition coefficient (Wildman–Crippen LogP) is 0.950. The van der Waals surface area contributed by atoms with E-state index in [1.165, 1.54) is 0 Å². The van der Waals surface area contributed by atoms with E-state index in [1.807, 2.05) is 7.05 Å². The van der Waals surface area contributed by atoms with Crippen LogP contribution in [0.4, 0.5) is 5.69 Å². The molecule has 19 heavy (non-hydrogen) atoms. The standard InChI is InChI=1S/C13H21N3O2S/c1-10-5-3-7-12(14)13(10)19(17,18)15-9-11-6-4-8-16(11)2/h3,5,7,11,15H,4,6,8-9,14H2,1-2H3. The fourth-order valence-corrected chi connectivity index (χ4v) is 3.98. The van der Waals surface area contributed by atoms with Crippen molar-refractivity contribution in [2.24, 2.45) is 0 Å². The molecule has 106 valence electrons. The highest BCUT2D eigenvalue weighted by Crippen LogP contribution is 2.22. The second-order valence-electron chi connectivity index (χ2n) is 5.12. The van der Waals surface area contributed by atoms with Gasteiger partial charge in [0.25, 0.3) is 0 Å². The molecular weight excluding hydrogens is 262 g/mol. The third-order valence-electron chi connectivity index (χ3n) is 3.69. The molecular formula is C13H21N3O2S. The van der Waals surface area contributed by atoms with E-state index in [2.05, 4.69) is 9.62 Å². The van der Waals surface area contributed by atoms with Gasteiger partial charge in [0.15, 0.2) is 0 Å². The number of anilines is 1. The number of likely N-dealkylation sites (N-methyl/N-ethyl adjacent to an activating group) is 1. The summed E-state index contributed by atoms with van der Waals surface area (Å²) >= 11 is 0. The summed E-state index contributed by atoms with van der Waals surface area (Å²) in [6, 6.07) is 5.41. The minimum absolute atomic E-state index is 0.204. The maximum atomic E-state index is 12.3. The van der Waals surface area contributed by atoms with Crippen molar-refractivity contribution in [1.29, 1.82) is 0 Å². The van der Waals surface area contributed by atoms with Crippen LogP contribution in [0.3, 0.4) is 0 Å². The number of likely N-dealkylation sites (tertiary alicyclic amines) is 1. The Hall–Kier alpha value is -1.11. The van der Waals surface area contributed by atoms with E-state index in [1.54, 1.807) is 25.1 Å². The molecule has 1 aliphatic heterocycles. The Morgan fingerprint density at radius 1 is 1.47 bits per heavy atom. The molecule has 0 spiro atoms. The average molecular weight is 283 g/mol. The molecule has 1 unspecified atom stereocenters. The Bertz CT molecular complexity index is 537. The molecule has 1 fully saturated rings. The quantitative estimate of drug-likeness (QED) is 0.807. The van der Waals surface area contributed by atoms with Gasteiger partial charge in [0, 0.05) is 12.6 Å². The topological polar surface area (TPSA) is 75.4 Å². The number of benzene rings is 1. The highest BCUT2D eigenvalue weighted by Gasteiger charge is 2.25. The number of nitrogens with one attached hydrogen (secondary N) is 1. The molecule has 1 heterocycles. The van der Waals surface area contributed by atoms with Crippen molar-refractivity contribution in [3.8, 4) is 0 Å². The van der Waals surface area contributed by atoms with Crippen LogP contribution in [0.25, 0.3) is 0 Å². The van der Waals surface area contributed by atoms with Crippen LogP contribution in [0.2, 0.25) is 0 Å². The molecule has 0 radical (unpaired) electrons. The van der Waals surface area contributed by atoms with Gasteiger partial charge in [-0.25, -0.2) is 13.1 Å². The number of aryl methyl sites for hydroxylation is 1. The zero-order valence-electron chi connectivity index (χ0n) is 11.4. The van der Waals surface area contributed by atoms with Crippen LogP contribution >= 0.6 is 0 Å². The van der Waals surface area contributed by atoms with Crippen molar-refractivity contribution in [1.82, 2.24) is 9.62 Å². The molecule has 1 saturated heterocycles. The number of hydrogen-bond acceptors (Lipinski definition) is 4. The fourth-order valence-electron chi connectivity index (χ4n) is 2.56. The Morgan fingerprint density at radius 2 is 2.21 bits per heavy atom. The van der Waals surface area contributed by atoms with Crippen molar-refractivity contribution >= 4 is 15.7 Å². The van der Waals surface area contributed by atoms with Gasteiger partial charge in [0.1, 0.15) is 4.90 Å². The van der Waals surface area contributed by atoms with E-state index in [0.29, 0.717) is 17.8 Å². The lowest BCUT2D eigenvalue weighted by Gasteiger charge is -2.20. The van der Waals surface area contributed by atoms with Crippen molar-refractivity contribution in [2.45, 2.75) is 30.7 Å². The molecule has 1 aromatic rings. The fraction of sp³-hybridized carbons (Fsp3) is 0.538. The van der Waals surface area contributed by atoms with E-state index in [0.717, 1.165) is 19.4 Å². The molecule has 0 saturated carbocycles. The smallest absolute Gasteiger partial charge is 0.242 e. The van der Waals surface area contributed by atoms with Gasteiger partial charge >= 0.3 is 0 Å². The summed E-state index contributed by atoms with van der Waals surface area (Å²) < 4.78 is 27.3. The molecule has 5 nitrogen and oxygen atoms in total. The highest BCUT2D eigenvalue weighted by atomic mass is 32.2. The highest BCUT2D eigenvalue weighted by molar-refractivity contribution is 7.89. The van der Waals surface area contributed by atoms with Gasteiger partial charge in [0.2, 0.25) is 10.0 Å². The van der Waals surface area contributed by atoms with Crippen LogP contribution in [0.15, 0.2) is 23.1 Å². The lowest BCUT2D eigenvalue weighted by molar-refractivity contribution is 0.311. The summed E-state index contributed by atoms with van der Waals surface area (Å²) in [7, 11) is -1.51. The zero-order valence-corrected chi connectivity index (χ0v) is 12.2. The Labute approximate surface area is 114 Å². The summed E-state index contributed by atoms with van der Waals surface area (Å²) in [5, 5.41) is 0. The van der Waals surface area contributed by atoms with Crippen molar-refractivity contribution in [3.63, 3.8) is 0 Å². The number of sulfonamides is 1. The zero-order chi connectivity index (χ0) is 14.0. The van der Waals surface area contributed by atoms with Crippen LogP contribution in [0.5, 0.6) is 0 Å². The Morgan fingerprint density at radius 3 is 2.79 bits per heavy atom. The molecule has 0 bridgehead atoms. The first-order valence-electron chi connectivity index (χ1n) is 6.47. The summed E-state index contributed by atoms with van der Waals surface area (Å²) in [5.74, 6) is 0. The van der Waals surface area contributed by atoms with Gasteiger partial charge < -0.3 is 10.6 Å². The molecule has 0 aromatic heterocycles. The Kier molecular flexibility index (Phi) is 4.13. The molecule has 3 N–H and O–H groups in total. The van der Waals surface area contributed by atoms with E-state index in [9.17, 15) is 8.42 Å².